The summed E-state index contributed by atoms with van der Waals surface area (Å²) >= 11 is 0. The summed E-state index contributed by atoms with van der Waals surface area (Å²) in [4.78, 5) is 22.0. The minimum absolute atomic E-state index is 0.0137. The molecule has 0 bridgehead atoms. The van der Waals surface area contributed by atoms with Crippen LogP contribution >= 0.6 is 0 Å². The smallest absolute Gasteiger partial charge is 0.313 e. The molecule has 3 nitrogen and oxygen atoms in total. The van der Waals surface area contributed by atoms with Crippen LogP contribution in [0, 0.1) is 0 Å². The van der Waals surface area contributed by atoms with Crippen molar-refractivity contribution in [3.63, 3.8) is 0 Å². The van der Waals surface area contributed by atoms with Crippen molar-refractivity contribution in [3.05, 3.63) is 0 Å². The third-order valence-corrected chi connectivity index (χ3v) is 4.31. The number of hydrogen-bond donors (Lipinski definition) is 0. The number of esters is 1. The van der Waals surface area contributed by atoms with Crippen molar-refractivity contribution in [2.45, 2.75) is 116 Å². The molecule has 0 spiro atoms. The first-order valence-corrected chi connectivity index (χ1v) is 9.87. The van der Waals surface area contributed by atoms with E-state index in [0.29, 0.717) is 6.29 Å². The summed E-state index contributed by atoms with van der Waals surface area (Å²) < 4.78 is 5.48. The summed E-state index contributed by atoms with van der Waals surface area (Å²) in [7, 11) is 0. The SMILES string of the molecule is CCCCCCCCC(CCCCCCCC)OC(=O)CC=O. The summed E-state index contributed by atoms with van der Waals surface area (Å²) in [5.74, 6) is -0.359. The zero-order valence-electron chi connectivity index (χ0n) is 15.5. The molecule has 0 rings (SSSR count). The van der Waals surface area contributed by atoms with Crippen LogP contribution in [0.25, 0.3) is 0 Å². The molecule has 0 aliphatic heterocycles. The van der Waals surface area contributed by atoms with E-state index in [1.807, 2.05) is 0 Å². The Kier molecular flexibility index (Phi) is 16.8. The average Bonchev–Trinajstić information content (AvgIpc) is 2.53. The molecule has 0 saturated carbocycles. The van der Waals surface area contributed by atoms with Crippen LogP contribution in [0.1, 0.15) is 110 Å². The maximum Gasteiger partial charge on any atom is 0.313 e. The third-order valence-electron chi connectivity index (χ3n) is 4.31. The Labute approximate surface area is 143 Å². The van der Waals surface area contributed by atoms with Gasteiger partial charge in [-0.1, -0.05) is 78.1 Å². The van der Waals surface area contributed by atoms with Gasteiger partial charge in [0.15, 0.2) is 0 Å². The molecule has 0 aromatic carbocycles. The minimum atomic E-state index is -0.359. The predicted molar refractivity (Wildman–Crippen MR) is 96.5 cm³/mol. The van der Waals surface area contributed by atoms with E-state index < -0.39 is 0 Å². The van der Waals surface area contributed by atoms with E-state index in [0.717, 1.165) is 25.7 Å². The summed E-state index contributed by atoms with van der Waals surface area (Å²) in [5.41, 5.74) is 0. The lowest BCUT2D eigenvalue weighted by atomic mass is 10.0. The predicted octanol–water partition coefficient (Wildman–Crippen LogP) is 5.99. The van der Waals surface area contributed by atoms with Crippen LogP contribution in [0.2, 0.25) is 0 Å². The Bertz CT molecular complexity index is 260. The lowest BCUT2D eigenvalue weighted by Crippen LogP contribution is -2.18. The molecule has 136 valence electrons. The van der Waals surface area contributed by atoms with Crippen LogP contribution in [0.3, 0.4) is 0 Å². The summed E-state index contributed by atoms with van der Waals surface area (Å²) in [5, 5.41) is 0. The van der Waals surface area contributed by atoms with Crippen LogP contribution in [0.5, 0.6) is 0 Å². The highest BCUT2D eigenvalue weighted by atomic mass is 16.5. The molecule has 0 aromatic heterocycles. The van der Waals surface area contributed by atoms with E-state index in [1.54, 1.807) is 0 Å². The number of carbonyl (C=O) groups is 2. The molecular weight excluding hydrogens is 288 g/mol. The van der Waals surface area contributed by atoms with Crippen molar-refractivity contribution in [1.82, 2.24) is 0 Å². The highest BCUT2D eigenvalue weighted by Gasteiger charge is 2.13. The van der Waals surface area contributed by atoms with Gasteiger partial charge in [0.2, 0.25) is 0 Å². The number of rotatable bonds is 17. The van der Waals surface area contributed by atoms with E-state index >= 15 is 0 Å². The van der Waals surface area contributed by atoms with E-state index in [-0.39, 0.29) is 18.5 Å². The highest BCUT2D eigenvalue weighted by molar-refractivity contribution is 5.83. The van der Waals surface area contributed by atoms with Gasteiger partial charge in [-0.2, -0.15) is 0 Å². The molecule has 3 heteroatoms. The molecule has 0 aliphatic carbocycles. The number of hydrogen-bond acceptors (Lipinski definition) is 3. The first kappa shape index (κ1) is 22.1. The number of ether oxygens (including phenoxy) is 1. The van der Waals surface area contributed by atoms with Gasteiger partial charge >= 0.3 is 5.97 Å². The van der Waals surface area contributed by atoms with Gasteiger partial charge in [0.1, 0.15) is 18.8 Å². The first-order valence-electron chi connectivity index (χ1n) is 9.87. The van der Waals surface area contributed by atoms with Crippen LogP contribution in [-0.2, 0) is 14.3 Å². The van der Waals surface area contributed by atoms with Crippen molar-refractivity contribution in [2.24, 2.45) is 0 Å². The van der Waals surface area contributed by atoms with E-state index in [9.17, 15) is 9.59 Å². The Morgan fingerprint density at radius 3 is 1.65 bits per heavy atom. The van der Waals surface area contributed by atoms with Gasteiger partial charge < -0.3 is 9.53 Å². The maximum atomic E-state index is 11.5. The molecule has 0 aromatic rings. The van der Waals surface area contributed by atoms with Crippen LogP contribution in [-0.4, -0.2) is 18.4 Å². The van der Waals surface area contributed by atoms with Gasteiger partial charge in [0, 0.05) is 0 Å². The van der Waals surface area contributed by atoms with Crippen molar-refractivity contribution >= 4 is 12.3 Å². The van der Waals surface area contributed by atoms with Gasteiger partial charge in [0.25, 0.3) is 0 Å². The van der Waals surface area contributed by atoms with Crippen molar-refractivity contribution < 1.29 is 14.3 Å². The van der Waals surface area contributed by atoms with E-state index in [1.165, 1.54) is 64.2 Å². The van der Waals surface area contributed by atoms with E-state index in [4.69, 9.17) is 4.74 Å². The molecule has 23 heavy (non-hydrogen) atoms. The lowest BCUT2D eigenvalue weighted by Gasteiger charge is -2.17. The minimum Gasteiger partial charge on any atom is -0.462 e. The normalized spacial score (nSPS) is 10.9. The second kappa shape index (κ2) is 17.5. The van der Waals surface area contributed by atoms with Gasteiger partial charge in [-0.15, -0.1) is 0 Å². The van der Waals surface area contributed by atoms with Gasteiger partial charge in [-0.3, -0.25) is 4.79 Å². The zero-order valence-corrected chi connectivity index (χ0v) is 15.5. The average molecular weight is 327 g/mol. The Morgan fingerprint density at radius 1 is 0.783 bits per heavy atom. The summed E-state index contributed by atoms with van der Waals surface area (Å²) in [6.07, 6.45) is 17.5. The Hall–Kier alpha value is -0.860. The molecule has 0 heterocycles. The van der Waals surface area contributed by atoms with Crippen molar-refractivity contribution in [2.75, 3.05) is 0 Å². The Morgan fingerprint density at radius 2 is 1.22 bits per heavy atom. The fraction of sp³-hybridized carbons (Fsp3) is 0.900. The van der Waals surface area contributed by atoms with Crippen LogP contribution in [0.4, 0.5) is 0 Å². The van der Waals surface area contributed by atoms with Crippen molar-refractivity contribution in [1.29, 1.82) is 0 Å². The first-order chi connectivity index (χ1) is 11.2. The van der Waals surface area contributed by atoms with Gasteiger partial charge in [-0.25, -0.2) is 0 Å². The molecular formula is C20H38O3. The molecule has 0 atom stereocenters. The molecule has 0 saturated heterocycles. The lowest BCUT2D eigenvalue weighted by molar-refractivity contribution is -0.150. The molecule has 0 amide bonds. The van der Waals surface area contributed by atoms with Gasteiger partial charge in [-0.05, 0) is 25.7 Å². The zero-order chi connectivity index (χ0) is 17.2. The molecule has 0 N–H and O–H groups in total. The fourth-order valence-electron chi connectivity index (χ4n) is 2.87. The van der Waals surface area contributed by atoms with Crippen LogP contribution < -0.4 is 0 Å². The second-order valence-electron chi connectivity index (χ2n) is 6.60. The highest BCUT2D eigenvalue weighted by Crippen LogP contribution is 2.17. The fourth-order valence-corrected chi connectivity index (χ4v) is 2.87. The number of unbranched alkanes of at least 4 members (excludes halogenated alkanes) is 10. The van der Waals surface area contributed by atoms with Crippen molar-refractivity contribution in [3.8, 4) is 0 Å². The maximum absolute atomic E-state index is 11.5. The van der Waals surface area contributed by atoms with E-state index in [2.05, 4.69) is 13.8 Å². The van der Waals surface area contributed by atoms with Gasteiger partial charge in [0.05, 0.1) is 0 Å². The molecule has 0 radical (unpaired) electrons. The largest absolute Gasteiger partial charge is 0.462 e. The Balaban J connectivity index is 3.88. The second-order valence-corrected chi connectivity index (χ2v) is 6.60. The number of carbonyl (C=O) groups excluding carboxylic acids is 2. The topological polar surface area (TPSA) is 43.4 Å². The third kappa shape index (κ3) is 15.8. The number of aldehydes is 1. The standard InChI is InChI=1S/C20H38O3/c1-3-5-7-9-11-13-15-19(23-20(22)17-18-21)16-14-12-10-8-6-4-2/h18-19H,3-17H2,1-2H3. The monoisotopic (exact) mass is 326 g/mol. The molecule has 0 unspecified atom stereocenters. The van der Waals surface area contributed by atoms with Crippen LogP contribution in [0.15, 0.2) is 0 Å². The summed E-state index contributed by atoms with van der Waals surface area (Å²) in [6.45, 7) is 4.45. The quantitative estimate of drug-likeness (QED) is 0.143. The molecule has 0 aliphatic rings. The molecule has 0 fully saturated rings. The summed E-state index contributed by atoms with van der Waals surface area (Å²) in [6, 6.07) is 0.